The normalized spacial score (nSPS) is 13.9. The minimum atomic E-state index is 0.540. The zero-order valence-electron chi connectivity index (χ0n) is 26.0. The molecule has 254 valence electrons. The number of aromatic amines is 1. The predicted octanol–water partition coefficient (Wildman–Crippen LogP) is 15.8. The highest BCUT2D eigenvalue weighted by molar-refractivity contribution is 8.15. The first kappa shape index (κ1) is 37.0. The molecule has 2 nitrogen and oxygen atoms in total. The van der Waals surface area contributed by atoms with Crippen LogP contribution in [0.3, 0.4) is 0 Å². The minimum absolute atomic E-state index is 0.540. The zero-order chi connectivity index (χ0) is 35.5. The van der Waals surface area contributed by atoms with Crippen LogP contribution in [0.1, 0.15) is 11.3 Å². The molecular weight excluding hydrogens is 837 g/mol. The molecule has 0 radical (unpaired) electrons. The van der Waals surface area contributed by atoms with Crippen molar-refractivity contribution in [2.45, 2.75) is 29.5 Å². The highest BCUT2D eigenvalue weighted by Gasteiger charge is 2.31. The lowest BCUT2D eigenvalue weighted by Gasteiger charge is -2.15. The first-order chi connectivity index (χ1) is 24.7. The molecule has 0 atom stereocenters. The van der Waals surface area contributed by atoms with Crippen LogP contribution < -0.4 is 0 Å². The Morgan fingerprint density at radius 2 is 0.941 bits per heavy atom. The van der Waals surface area contributed by atoms with Crippen molar-refractivity contribution in [3.05, 3.63) is 179 Å². The topological polar surface area (TPSA) is 28.1 Å². The zero-order valence-corrected chi connectivity index (χ0v) is 33.8. The average Bonchev–Trinajstić information content (AvgIpc) is 3.59. The number of hydrogen-bond acceptors (Lipinski definition) is 5. The smallest absolute Gasteiger partial charge is 0.121 e. The molecule has 1 aromatic heterocycles. The molecule has 12 heteroatoms. The van der Waals surface area contributed by atoms with Gasteiger partial charge in [-0.3, -0.25) is 0 Å². The number of halogens is 6. The quantitative estimate of drug-likeness (QED) is 0.157. The highest BCUT2D eigenvalue weighted by atomic mass is 35.5. The summed E-state index contributed by atoms with van der Waals surface area (Å²) in [5.74, 6) is 0. The van der Waals surface area contributed by atoms with Gasteiger partial charge in [-0.15, -0.1) is 0 Å². The summed E-state index contributed by atoms with van der Waals surface area (Å²) in [6.45, 7) is 0. The van der Waals surface area contributed by atoms with Crippen LogP contribution in [0.2, 0.25) is 25.1 Å². The largest absolute Gasteiger partial charge is 0.347 e. The Bertz CT molecular complexity index is 2280. The molecule has 51 heavy (non-hydrogen) atoms. The summed E-state index contributed by atoms with van der Waals surface area (Å²) in [5, 5.41) is 5.18. The maximum atomic E-state index is 7.33. The maximum Gasteiger partial charge on any atom is 0.121 e. The summed E-state index contributed by atoms with van der Waals surface area (Å²) < 4.78 is 0. The first-order valence-electron chi connectivity index (χ1n) is 15.2. The molecule has 2 heterocycles. The van der Waals surface area contributed by atoms with E-state index in [1.807, 2.05) is 115 Å². The second kappa shape index (κ2) is 16.8. The van der Waals surface area contributed by atoms with Crippen LogP contribution in [0.5, 0.6) is 0 Å². The van der Waals surface area contributed by atoms with E-state index < -0.39 is 0 Å². The van der Waals surface area contributed by atoms with Crippen LogP contribution >= 0.6 is 117 Å². The molecule has 1 N–H and O–H groups in total. The third kappa shape index (κ3) is 8.90. The molecule has 5 aromatic carbocycles. The van der Waals surface area contributed by atoms with Gasteiger partial charge in [-0.2, -0.15) is 0 Å². The summed E-state index contributed by atoms with van der Waals surface area (Å²) in [7, 11) is 0. The van der Waals surface area contributed by atoms with Gasteiger partial charge in [-0.1, -0.05) is 147 Å². The molecule has 0 spiro atoms. The van der Waals surface area contributed by atoms with Gasteiger partial charge >= 0.3 is 0 Å². The van der Waals surface area contributed by atoms with Crippen molar-refractivity contribution >= 4 is 127 Å². The molecule has 1 aliphatic rings. The summed E-state index contributed by atoms with van der Waals surface area (Å²) in [6.07, 6.45) is 0. The SMILES string of the molecule is ClC1=C(Sc2ccc(Cl)cc2)/C(=C(\c2ccccc2)c2[nH]c(Sc3ccc(Cl)cc3)c(Cl)c2Sc2ccc(Cl)cc2)N=C1Sc1ccc(Cl)cc1. The van der Waals surface area contributed by atoms with Gasteiger partial charge in [0.05, 0.1) is 36.3 Å². The van der Waals surface area contributed by atoms with Crippen molar-refractivity contribution in [1.82, 2.24) is 4.98 Å². The molecule has 0 aliphatic carbocycles. The number of benzene rings is 5. The maximum absolute atomic E-state index is 7.33. The van der Waals surface area contributed by atoms with E-state index in [-0.39, 0.29) is 0 Å². The Kier molecular flexibility index (Phi) is 12.2. The van der Waals surface area contributed by atoms with Crippen molar-refractivity contribution in [3.8, 4) is 0 Å². The van der Waals surface area contributed by atoms with Gasteiger partial charge < -0.3 is 4.98 Å². The highest BCUT2D eigenvalue weighted by Crippen LogP contribution is 2.52. The first-order valence-corrected chi connectivity index (χ1v) is 20.7. The van der Waals surface area contributed by atoms with Crippen molar-refractivity contribution in [3.63, 3.8) is 0 Å². The van der Waals surface area contributed by atoms with Gasteiger partial charge in [0.2, 0.25) is 0 Å². The number of thioether (sulfide) groups is 2. The lowest BCUT2D eigenvalue weighted by Crippen LogP contribution is -1.96. The van der Waals surface area contributed by atoms with Gasteiger partial charge in [0, 0.05) is 45.2 Å². The van der Waals surface area contributed by atoms with Crippen molar-refractivity contribution in [2.24, 2.45) is 4.99 Å². The number of nitrogens with zero attached hydrogens (tertiary/aromatic N) is 1. The van der Waals surface area contributed by atoms with Crippen molar-refractivity contribution < 1.29 is 0 Å². The number of aliphatic imine (C=N–C) groups is 1. The van der Waals surface area contributed by atoms with Crippen LogP contribution in [-0.4, -0.2) is 10.0 Å². The monoisotopic (exact) mass is 856 g/mol. The second-order valence-electron chi connectivity index (χ2n) is 10.8. The van der Waals surface area contributed by atoms with E-state index in [0.29, 0.717) is 40.9 Å². The van der Waals surface area contributed by atoms with Gasteiger partial charge in [0.25, 0.3) is 0 Å². The van der Waals surface area contributed by atoms with E-state index in [0.717, 1.165) is 51.2 Å². The molecule has 0 unspecified atom stereocenters. The molecule has 1 aliphatic heterocycles. The van der Waals surface area contributed by atoms with E-state index in [4.69, 9.17) is 74.6 Å². The molecule has 0 amide bonds. The summed E-state index contributed by atoms with van der Waals surface area (Å²) >= 11 is 45.7. The Balaban J connectivity index is 1.46. The van der Waals surface area contributed by atoms with Crippen LogP contribution in [0.25, 0.3) is 5.57 Å². The third-order valence-electron chi connectivity index (χ3n) is 7.36. The van der Waals surface area contributed by atoms with Crippen LogP contribution in [0, 0.1) is 0 Å². The van der Waals surface area contributed by atoms with E-state index in [1.165, 1.54) is 35.3 Å². The standard InChI is InChI=1S/C39H22Cl6N2S4/c40-23-6-14-27(15-7-23)48-36-32(44)38(50-29-18-10-25(42)11-19-29)46-34(36)31(22-4-2-1-3-5-22)35-37(49-28-16-8-24(41)9-17-28)33(45)39(47-35)51-30-20-12-26(43)13-21-30/h1-21,46H/b35-31-. The molecule has 0 fully saturated rings. The number of hydrogen-bond donors (Lipinski definition) is 1. The van der Waals surface area contributed by atoms with Gasteiger partial charge in [-0.25, -0.2) is 4.99 Å². The van der Waals surface area contributed by atoms with E-state index >= 15 is 0 Å². The molecular formula is C39H22Cl6N2S4. The molecule has 7 rings (SSSR count). The minimum Gasteiger partial charge on any atom is -0.347 e. The molecule has 0 saturated carbocycles. The fourth-order valence-electron chi connectivity index (χ4n) is 4.99. The van der Waals surface area contributed by atoms with Crippen molar-refractivity contribution in [2.75, 3.05) is 0 Å². The van der Waals surface area contributed by atoms with E-state index in [9.17, 15) is 0 Å². The Morgan fingerprint density at radius 1 is 0.490 bits per heavy atom. The Morgan fingerprint density at radius 3 is 1.45 bits per heavy atom. The average molecular weight is 860 g/mol. The molecule has 0 bridgehead atoms. The lowest BCUT2D eigenvalue weighted by molar-refractivity contribution is 1.16. The number of nitrogens with one attached hydrogen (secondary N) is 1. The summed E-state index contributed by atoms with van der Waals surface area (Å²) in [5.41, 5.74) is 3.30. The summed E-state index contributed by atoms with van der Waals surface area (Å²) in [6, 6.07) is 40.8. The van der Waals surface area contributed by atoms with Gasteiger partial charge in [-0.05, 0) is 103 Å². The van der Waals surface area contributed by atoms with Gasteiger partial charge in [0.15, 0.2) is 0 Å². The van der Waals surface area contributed by atoms with E-state index in [2.05, 4.69) is 17.1 Å². The number of aromatic nitrogens is 1. The Hall–Kier alpha value is -2.33. The lowest BCUT2D eigenvalue weighted by atomic mass is 10.0. The Labute approximate surface area is 343 Å². The number of H-pyrrole nitrogens is 1. The number of rotatable bonds is 9. The summed E-state index contributed by atoms with van der Waals surface area (Å²) in [4.78, 5) is 14.5. The molecule has 0 saturated heterocycles. The van der Waals surface area contributed by atoms with E-state index in [1.54, 1.807) is 11.8 Å². The van der Waals surface area contributed by atoms with Crippen LogP contribution in [0.4, 0.5) is 0 Å². The second-order valence-corrected chi connectivity index (χ2v) is 17.7. The fourth-order valence-corrected chi connectivity index (χ4v) is 9.93. The van der Waals surface area contributed by atoms with Crippen LogP contribution in [-0.2, 0) is 0 Å². The fraction of sp³-hybridized carbons (Fsp3) is 0. The third-order valence-corrected chi connectivity index (χ3v) is 13.8. The predicted molar refractivity (Wildman–Crippen MR) is 224 cm³/mol. The van der Waals surface area contributed by atoms with Gasteiger partial charge in [0.1, 0.15) is 5.04 Å². The van der Waals surface area contributed by atoms with Crippen LogP contribution in [0.15, 0.2) is 178 Å². The van der Waals surface area contributed by atoms with Crippen molar-refractivity contribution in [1.29, 1.82) is 0 Å². The molecule has 6 aromatic rings.